The van der Waals surface area contributed by atoms with Gasteiger partial charge in [-0.1, -0.05) is 47.0 Å². The van der Waals surface area contributed by atoms with E-state index in [4.69, 9.17) is 4.74 Å². The molecule has 0 aromatic carbocycles. The third kappa shape index (κ3) is 8.01. The lowest BCUT2D eigenvalue weighted by Crippen LogP contribution is -2.62. The molecular weight excluding hydrogens is 652 g/mol. The number of hydrogen-bond acceptors (Lipinski definition) is 7. The summed E-state index contributed by atoms with van der Waals surface area (Å²) in [5.74, 6) is 2.80. The molecule has 8 fully saturated rings. The molecule has 9 heteroatoms. The number of carbonyl (C=O) groups excluding carboxylic acids is 2. The highest BCUT2D eigenvalue weighted by molar-refractivity contribution is 5.81. The fraction of sp³-hybridized carbons (Fsp3) is 0.953. The van der Waals surface area contributed by atoms with Crippen LogP contribution in [0.1, 0.15) is 125 Å². The molecule has 1 aliphatic heterocycles. The van der Waals surface area contributed by atoms with E-state index in [2.05, 4.69) is 48.5 Å². The Balaban J connectivity index is 1.04. The van der Waals surface area contributed by atoms with Crippen LogP contribution in [0.15, 0.2) is 0 Å². The molecule has 1 saturated heterocycles. The van der Waals surface area contributed by atoms with Gasteiger partial charge in [-0.25, -0.2) is 0 Å². The first kappa shape index (κ1) is 39.0. The van der Waals surface area contributed by atoms with Crippen LogP contribution in [0.2, 0.25) is 0 Å². The van der Waals surface area contributed by atoms with Crippen molar-refractivity contribution in [3.63, 3.8) is 0 Å². The number of nitrogens with one attached hydrogen (secondary N) is 3. The number of fused-ring (bicyclic) bond motifs is 2. The molecule has 0 aromatic heterocycles. The number of amides is 2. The van der Waals surface area contributed by atoms with Gasteiger partial charge in [-0.05, 0) is 137 Å². The van der Waals surface area contributed by atoms with Crippen molar-refractivity contribution in [2.24, 2.45) is 64.6 Å². The summed E-state index contributed by atoms with van der Waals surface area (Å²) in [5.41, 5.74) is 0.351. The van der Waals surface area contributed by atoms with Gasteiger partial charge in [0.1, 0.15) is 0 Å². The second-order valence-electron chi connectivity index (χ2n) is 19.6. The zero-order valence-corrected chi connectivity index (χ0v) is 33.2. The SMILES string of the molecule is CCN1CCC[C@H]1CNC(=O)C1CCCC(C2CCCC(NC3C[C@@H](CO)[C@@H]([C@H](C)O)[C@H]3C(=O)N[C@H]3C[C@H]4C[C@@H]([C@@H]3C)C4(C)C)C2OCC2CC2)C1. The predicted molar refractivity (Wildman–Crippen MR) is 204 cm³/mol. The van der Waals surface area contributed by atoms with Crippen LogP contribution in [0.3, 0.4) is 0 Å². The molecule has 7 aliphatic carbocycles. The van der Waals surface area contributed by atoms with Crippen molar-refractivity contribution in [3.05, 3.63) is 0 Å². The van der Waals surface area contributed by atoms with Crippen LogP contribution in [0, 0.1) is 64.6 Å². The summed E-state index contributed by atoms with van der Waals surface area (Å²) in [6.07, 6.45) is 14.7. The smallest absolute Gasteiger partial charge is 0.225 e. The quantitative estimate of drug-likeness (QED) is 0.168. The van der Waals surface area contributed by atoms with Gasteiger partial charge in [-0.15, -0.1) is 0 Å². The third-order valence-electron chi connectivity index (χ3n) is 16.4. The Morgan fingerprint density at radius 2 is 1.71 bits per heavy atom. The summed E-state index contributed by atoms with van der Waals surface area (Å²) in [6, 6.07) is 0.633. The van der Waals surface area contributed by atoms with Crippen molar-refractivity contribution in [1.82, 2.24) is 20.9 Å². The topological polar surface area (TPSA) is 123 Å². The number of ether oxygens (including phenoxy) is 1. The van der Waals surface area contributed by atoms with Gasteiger partial charge in [0, 0.05) is 55.8 Å². The van der Waals surface area contributed by atoms with Crippen molar-refractivity contribution in [2.45, 2.75) is 161 Å². The van der Waals surface area contributed by atoms with Gasteiger partial charge >= 0.3 is 0 Å². The summed E-state index contributed by atoms with van der Waals surface area (Å²) < 4.78 is 6.96. The average molecular weight is 727 g/mol. The number of aliphatic hydroxyl groups excluding tert-OH is 2. The van der Waals surface area contributed by atoms with Crippen LogP contribution >= 0.6 is 0 Å². The van der Waals surface area contributed by atoms with Gasteiger partial charge in [0.15, 0.2) is 0 Å². The monoisotopic (exact) mass is 727 g/mol. The molecular formula is C43H74N4O5. The van der Waals surface area contributed by atoms with Gasteiger partial charge in [-0.2, -0.15) is 0 Å². The molecule has 52 heavy (non-hydrogen) atoms. The van der Waals surface area contributed by atoms with E-state index in [1.807, 2.05) is 0 Å². The van der Waals surface area contributed by atoms with E-state index >= 15 is 0 Å². The lowest BCUT2D eigenvalue weighted by Gasteiger charge is -2.62. The Labute approximate surface area is 314 Å². The fourth-order valence-corrected chi connectivity index (χ4v) is 12.9. The van der Waals surface area contributed by atoms with E-state index in [0.29, 0.717) is 53.4 Å². The second kappa shape index (κ2) is 16.5. The van der Waals surface area contributed by atoms with E-state index in [0.717, 1.165) is 77.6 Å². The Hall–Kier alpha value is -1.26. The highest BCUT2D eigenvalue weighted by atomic mass is 16.5. The summed E-state index contributed by atoms with van der Waals surface area (Å²) >= 11 is 0. The standard InChI is InChI=1S/C43H74N4O5/c1-6-47-17-9-12-32(47)22-44-41(50)29-11-7-10-28(18-29)33-13-8-14-35(40(33)52-24-27-15-16-27)45-37-19-30(23-48)38(26(3)49)39(37)42(51)46-36-21-31-20-34(25(36)2)43(31,4)5/h25-40,45,48-49H,6-24H2,1-5H3,(H,44,50)(H,46,51)/t25-,26-,28?,29?,30-,31+,32-,33?,34-,35?,36-,37?,38+,39-,40?/m0/s1. The minimum atomic E-state index is -0.680. The number of likely N-dealkylation sites (tertiary alicyclic amines) is 1. The normalized spacial score (nSPS) is 43.8. The zero-order chi connectivity index (χ0) is 36.7. The van der Waals surface area contributed by atoms with Crippen molar-refractivity contribution < 1.29 is 24.5 Å². The first-order chi connectivity index (χ1) is 25.0. The molecule has 2 bridgehead atoms. The number of likely N-dealkylation sites (N-methyl/N-ethyl adjacent to an activating group) is 1. The van der Waals surface area contributed by atoms with Crippen molar-refractivity contribution in [1.29, 1.82) is 0 Å². The minimum Gasteiger partial charge on any atom is -0.396 e. The molecule has 6 unspecified atom stereocenters. The largest absolute Gasteiger partial charge is 0.396 e. The zero-order valence-electron chi connectivity index (χ0n) is 33.2. The number of nitrogens with zero attached hydrogens (tertiary/aromatic N) is 1. The molecule has 7 saturated carbocycles. The van der Waals surface area contributed by atoms with Gasteiger partial charge in [-0.3, -0.25) is 14.5 Å². The van der Waals surface area contributed by atoms with Crippen LogP contribution < -0.4 is 16.0 Å². The molecule has 0 spiro atoms. The van der Waals surface area contributed by atoms with Crippen molar-refractivity contribution in [2.75, 3.05) is 32.8 Å². The molecule has 8 aliphatic rings. The molecule has 0 radical (unpaired) electrons. The van der Waals surface area contributed by atoms with Crippen LogP contribution in [-0.2, 0) is 14.3 Å². The van der Waals surface area contributed by atoms with E-state index in [-0.39, 0.29) is 60.4 Å². The second-order valence-corrected chi connectivity index (χ2v) is 19.6. The Bertz CT molecular complexity index is 1230. The summed E-state index contributed by atoms with van der Waals surface area (Å²) in [7, 11) is 0. The molecule has 15 atom stereocenters. The van der Waals surface area contributed by atoms with Crippen LogP contribution in [0.5, 0.6) is 0 Å². The third-order valence-corrected chi connectivity index (χ3v) is 16.4. The number of aliphatic hydroxyl groups is 2. The molecule has 8 rings (SSSR count). The highest BCUT2D eigenvalue weighted by Crippen LogP contribution is 2.61. The molecule has 1 heterocycles. The minimum absolute atomic E-state index is 0.0205. The highest BCUT2D eigenvalue weighted by Gasteiger charge is 2.57. The Morgan fingerprint density at radius 1 is 0.923 bits per heavy atom. The maximum atomic E-state index is 14.4. The Kier molecular flexibility index (Phi) is 12.3. The summed E-state index contributed by atoms with van der Waals surface area (Å²) in [4.78, 5) is 30.5. The van der Waals surface area contributed by atoms with Gasteiger partial charge in [0.25, 0.3) is 0 Å². The molecule has 9 nitrogen and oxygen atoms in total. The van der Waals surface area contributed by atoms with Gasteiger partial charge < -0.3 is 30.9 Å². The van der Waals surface area contributed by atoms with E-state index < -0.39 is 12.0 Å². The number of hydrogen-bond donors (Lipinski definition) is 5. The molecule has 0 aromatic rings. The van der Waals surface area contributed by atoms with Crippen LogP contribution in [-0.4, -0.2) is 96.2 Å². The lowest BCUT2D eigenvalue weighted by molar-refractivity contribution is -0.140. The van der Waals surface area contributed by atoms with Crippen molar-refractivity contribution >= 4 is 11.8 Å². The predicted octanol–water partition coefficient (Wildman–Crippen LogP) is 5.13. The van der Waals surface area contributed by atoms with E-state index in [1.54, 1.807) is 6.92 Å². The first-order valence-electron chi connectivity index (χ1n) is 22.0. The van der Waals surface area contributed by atoms with Crippen LogP contribution in [0.4, 0.5) is 0 Å². The number of rotatable bonds is 14. The fourth-order valence-electron chi connectivity index (χ4n) is 12.9. The van der Waals surface area contributed by atoms with E-state index in [9.17, 15) is 19.8 Å². The maximum absolute atomic E-state index is 14.4. The Morgan fingerprint density at radius 3 is 2.40 bits per heavy atom. The van der Waals surface area contributed by atoms with Crippen LogP contribution in [0.25, 0.3) is 0 Å². The maximum Gasteiger partial charge on any atom is 0.225 e. The lowest BCUT2D eigenvalue weighted by atomic mass is 9.44. The summed E-state index contributed by atoms with van der Waals surface area (Å²) in [6.45, 7) is 14.9. The molecule has 5 N–H and O–H groups in total. The van der Waals surface area contributed by atoms with Crippen molar-refractivity contribution in [3.8, 4) is 0 Å². The van der Waals surface area contributed by atoms with Gasteiger partial charge in [0.2, 0.25) is 11.8 Å². The molecule has 2 amide bonds. The first-order valence-corrected chi connectivity index (χ1v) is 22.0. The van der Waals surface area contributed by atoms with Gasteiger partial charge in [0.05, 0.1) is 18.1 Å². The van der Waals surface area contributed by atoms with E-state index in [1.165, 1.54) is 32.1 Å². The molecule has 296 valence electrons. The summed E-state index contributed by atoms with van der Waals surface area (Å²) in [5, 5.41) is 32.6. The number of carbonyl (C=O) groups is 2. The average Bonchev–Trinajstić information content (AvgIpc) is 3.72.